The summed E-state index contributed by atoms with van der Waals surface area (Å²) in [5.74, 6) is 1.27. The van der Waals surface area contributed by atoms with Gasteiger partial charge in [-0.2, -0.15) is 5.26 Å². The van der Waals surface area contributed by atoms with Crippen molar-refractivity contribution in [3.63, 3.8) is 0 Å². The summed E-state index contributed by atoms with van der Waals surface area (Å²) in [5, 5.41) is 17.8. The fourth-order valence-electron chi connectivity index (χ4n) is 2.59. The van der Waals surface area contributed by atoms with Gasteiger partial charge in [0.05, 0.1) is 12.5 Å². The van der Waals surface area contributed by atoms with Crippen molar-refractivity contribution in [1.82, 2.24) is 4.90 Å². The third-order valence-corrected chi connectivity index (χ3v) is 3.74. The van der Waals surface area contributed by atoms with Gasteiger partial charge in [0.25, 0.3) is 0 Å². The number of nitriles is 1. The van der Waals surface area contributed by atoms with E-state index in [1.165, 1.54) is 0 Å². The van der Waals surface area contributed by atoms with Crippen LogP contribution in [0.15, 0.2) is 24.3 Å². The molecule has 0 spiro atoms. The van der Waals surface area contributed by atoms with Gasteiger partial charge in [-0.05, 0) is 43.0 Å². The summed E-state index contributed by atoms with van der Waals surface area (Å²) in [7, 11) is 0. The lowest BCUT2D eigenvalue weighted by molar-refractivity contribution is 0.107. The molecule has 0 aromatic heterocycles. The third-order valence-electron chi connectivity index (χ3n) is 3.74. The van der Waals surface area contributed by atoms with Crippen LogP contribution >= 0.6 is 0 Å². The van der Waals surface area contributed by atoms with E-state index in [-0.39, 0.29) is 6.61 Å². The van der Waals surface area contributed by atoms with Crippen LogP contribution in [0.2, 0.25) is 0 Å². The van der Waals surface area contributed by atoms with Gasteiger partial charge in [0, 0.05) is 19.7 Å². The number of hydrogen-bond donors (Lipinski definition) is 1. The lowest BCUT2D eigenvalue weighted by atomic mass is 9.99. The first-order valence-corrected chi connectivity index (χ1v) is 7.23. The molecular weight excluding hydrogens is 252 g/mol. The number of aliphatic hydroxyl groups excluding tert-OH is 1. The Kier molecular flexibility index (Phi) is 5.85. The van der Waals surface area contributed by atoms with Crippen LogP contribution < -0.4 is 4.74 Å². The Morgan fingerprint density at radius 1 is 1.35 bits per heavy atom. The van der Waals surface area contributed by atoms with Crippen LogP contribution in [-0.4, -0.2) is 42.9 Å². The van der Waals surface area contributed by atoms with Gasteiger partial charge in [0.2, 0.25) is 0 Å². The summed E-state index contributed by atoms with van der Waals surface area (Å²) in [6.45, 7) is 3.92. The molecule has 4 heteroatoms. The average molecular weight is 274 g/mol. The van der Waals surface area contributed by atoms with E-state index in [1.807, 2.05) is 24.3 Å². The van der Waals surface area contributed by atoms with Crippen LogP contribution in [0.1, 0.15) is 18.4 Å². The minimum Gasteiger partial charge on any atom is -0.492 e. The predicted molar refractivity (Wildman–Crippen MR) is 77.5 cm³/mol. The topological polar surface area (TPSA) is 56.5 Å². The molecule has 0 amide bonds. The summed E-state index contributed by atoms with van der Waals surface area (Å²) in [6, 6.07) is 9.83. The van der Waals surface area contributed by atoms with Crippen LogP contribution in [0.3, 0.4) is 0 Å². The van der Waals surface area contributed by atoms with E-state index in [4.69, 9.17) is 10.00 Å². The maximum Gasteiger partial charge on any atom is 0.119 e. The summed E-state index contributed by atoms with van der Waals surface area (Å²) in [6.07, 6.45) is 2.74. The number of nitrogens with zero attached hydrogens (tertiary/aromatic N) is 2. The van der Waals surface area contributed by atoms with Gasteiger partial charge in [-0.25, -0.2) is 0 Å². The largest absolute Gasteiger partial charge is 0.492 e. The van der Waals surface area contributed by atoms with Crippen molar-refractivity contribution in [2.45, 2.75) is 19.3 Å². The monoisotopic (exact) mass is 274 g/mol. The van der Waals surface area contributed by atoms with Gasteiger partial charge < -0.3 is 9.84 Å². The molecule has 2 rings (SSSR count). The molecular formula is C16H22N2O2. The third kappa shape index (κ3) is 4.52. The summed E-state index contributed by atoms with van der Waals surface area (Å²) in [5.41, 5.74) is 1.02. The number of aliphatic hydroxyl groups is 1. The SMILES string of the molecule is N#CCc1ccc(OCCN2CCCC(CO)C2)cc1. The van der Waals surface area contributed by atoms with E-state index in [0.29, 0.717) is 18.9 Å². The minimum absolute atomic E-state index is 0.289. The molecule has 0 saturated carbocycles. The molecule has 1 aliphatic heterocycles. The van der Waals surface area contributed by atoms with Crippen LogP contribution in [0, 0.1) is 17.2 Å². The highest BCUT2D eigenvalue weighted by atomic mass is 16.5. The second kappa shape index (κ2) is 7.88. The minimum atomic E-state index is 0.289. The highest BCUT2D eigenvalue weighted by Crippen LogP contribution is 2.16. The van der Waals surface area contributed by atoms with E-state index >= 15 is 0 Å². The zero-order valence-electron chi connectivity index (χ0n) is 11.8. The Bertz CT molecular complexity index is 439. The number of benzene rings is 1. The van der Waals surface area contributed by atoms with Crippen LogP contribution in [0.25, 0.3) is 0 Å². The Labute approximate surface area is 120 Å². The molecule has 1 aliphatic rings. The fourth-order valence-corrected chi connectivity index (χ4v) is 2.59. The highest BCUT2D eigenvalue weighted by Gasteiger charge is 2.18. The highest BCUT2D eigenvalue weighted by molar-refractivity contribution is 5.28. The van der Waals surface area contributed by atoms with Gasteiger partial charge in [-0.15, -0.1) is 0 Å². The molecule has 1 heterocycles. The van der Waals surface area contributed by atoms with Crippen molar-refractivity contribution in [1.29, 1.82) is 5.26 Å². The Morgan fingerprint density at radius 3 is 2.85 bits per heavy atom. The summed E-state index contributed by atoms with van der Waals surface area (Å²) >= 11 is 0. The van der Waals surface area contributed by atoms with E-state index in [2.05, 4.69) is 11.0 Å². The quantitative estimate of drug-likeness (QED) is 0.860. The second-order valence-electron chi connectivity index (χ2n) is 5.32. The van der Waals surface area contributed by atoms with E-state index in [1.54, 1.807) is 0 Å². The fraction of sp³-hybridized carbons (Fsp3) is 0.562. The maximum atomic E-state index is 9.20. The van der Waals surface area contributed by atoms with E-state index in [0.717, 1.165) is 43.8 Å². The standard InChI is InChI=1S/C16H22N2O2/c17-8-7-14-3-5-16(6-4-14)20-11-10-18-9-1-2-15(12-18)13-19/h3-6,15,19H,1-2,7,9-13H2. The van der Waals surface area contributed by atoms with Crippen molar-refractivity contribution in [3.8, 4) is 11.8 Å². The molecule has 1 saturated heterocycles. The van der Waals surface area contributed by atoms with Crippen molar-refractivity contribution in [2.24, 2.45) is 5.92 Å². The van der Waals surface area contributed by atoms with Gasteiger partial charge in [0.15, 0.2) is 0 Å². The lowest BCUT2D eigenvalue weighted by Crippen LogP contribution is -2.39. The average Bonchev–Trinajstić information content (AvgIpc) is 2.50. The predicted octanol–water partition coefficient (Wildman–Crippen LogP) is 1.84. The number of rotatable bonds is 6. The molecule has 0 radical (unpaired) electrons. The summed E-state index contributed by atoms with van der Waals surface area (Å²) in [4.78, 5) is 2.36. The van der Waals surface area contributed by atoms with E-state index < -0.39 is 0 Å². The first-order chi connectivity index (χ1) is 9.81. The molecule has 1 aromatic carbocycles. The van der Waals surface area contributed by atoms with Gasteiger partial charge in [0.1, 0.15) is 12.4 Å². The molecule has 0 aliphatic carbocycles. The van der Waals surface area contributed by atoms with Crippen LogP contribution in [0.4, 0.5) is 0 Å². The van der Waals surface area contributed by atoms with Gasteiger partial charge in [-0.1, -0.05) is 12.1 Å². The van der Waals surface area contributed by atoms with E-state index in [9.17, 15) is 5.11 Å². The second-order valence-corrected chi connectivity index (χ2v) is 5.32. The smallest absolute Gasteiger partial charge is 0.119 e. The van der Waals surface area contributed by atoms with Crippen LogP contribution in [-0.2, 0) is 6.42 Å². The molecule has 108 valence electrons. The maximum absolute atomic E-state index is 9.20. The van der Waals surface area contributed by atoms with Gasteiger partial charge in [-0.3, -0.25) is 4.90 Å². The number of piperidine rings is 1. The van der Waals surface area contributed by atoms with Crippen molar-refractivity contribution >= 4 is 0 Å². The lowest BCUT2D eigenvalue weighted by Gasteiger charge is -2.31. The molecule has 1 fully saturated rings. The zero-order chi connectivity index (χ0) is 14.2. The molecule has 1 atom stereocenters. The molecule has 20 heavy (non-hydrogen) atoms. The summed E-state index contributed by atoms with van der Waals surface area (Å²) < 4.78 is 5.72. The number of likely N-dealkylation sites (tertiary alicyclic amines) is 1. The molecule has 0 bridgehead atoms. The zero-order valence-corrected chi connectivity index (χ0v) is 11.8. The van der Waals surface area contributed by atoms with Crippen LogP contribution in [0.5, 0.6) is 5.75 Å². The molecule has 1 unspecified atom stereocenters. The van der Waals surface area contributed by atoms with Gasteiger partial charge >= 0.3 is 0 Å². The Hall–Kier alpha value is -1.57. The normalized spacial score (nSPS) is 19.5. The Balaban J connectivity index is 1.71. The first-order valence-electron chi connectivity index (χ1n) is 7.23. The van der Waals surface area contributed by atoms with Crippen molar-refractivity contribution in [3.05, 3.63) is 29.8 Å². The Morgan fingerprint density at radius 2 is 2.15 bits per heavy atom. The van der Waals surface area contributed by atoms with Crippen molar-refractivity contribution < 1.29 is 9.84 Å². The molecule has 1 N–H and O–H groups in total. The molecule has 4 nitrogen and oxygen atoms in total. The first kappa shape index (κ1) is 14.8. The van der Waals surface area contributed by atoms with Crippen molar-refractivity contribution in [2.75, 3.05) is 32.8 Å². The number of ether oxygens (including phenoxy) is 1. The molecule has 1 aromatic rings. The number of hydrogen-bond acceptors (Lipinski definition) is 4.